The first-order valence-corrected chi connectivity index (χ1v) is 3.85. The summed E-state index contributed by atoms with van der Waals surface area (Å²) in [5, 5.41) is 8.61. The monoisotopic (exact) mass is 171 g/mol. The standard InChI is InChI=1S/C11H9NO/c1-13-7-3-6-10-4-2-5-11(8-10)9-12/h2,4-5,8H,7H2,1H3. The van der Waals surface area contributed by atoms with Gasteiger partial charge in [0.1, 0.15) is 6.61 Å². The Morgan fingerprint density at radius 2 is 2.15 bits per heavy atom. The molecule has 0 aliphatic rings. The quantitative estimate of drug-likeness (QED) is 0.601. The Bertz CT molecular complexity index is 379. The molecule has 0 bridgehead atoms. The van der Waals surface area contributed by atoms with E-state index in [1.807, 2.05) is 12.1 Å². The molecule has 0 atom stereocenters. The Labute approximate surface area is 77.8 Å². The molecule has 1 aromatic carbocycles. The minimum atomic E-state index is 0.413. The Morgan fingerprint density at radius 1 is 1.38 bits per heavy atom. The van der Waals surface area contributed by atoms with Crippen LogP contribution in [0.3, 0.4) is 0 Å². The van der Waals surface area contributed by atoms with E-state index in [0.29, 0.717) is 12.2 Å². The van der Waals surface area contributed by atoms with Gasteiger partial charge in [0.05, 0.1) is 11.6 Å². The van der Waals surface area contributed by atoms with Gasteiger partial charge in [-0.3, -0.25) is 0 Å². The third kappa shape index (κ3) is 2.99. The van der Waals surface area contributed by atoms with Gasteiger partial charge in [0, 0.05) is 12.7 Å². The van der Waals surface area contributed by atoms with Gasteiger partial charge in [-0.25, -0.2) is 0 Å². The maximum Gasteiger partial charge on any atom is 0.107 e. The third-order valence-electron chi connectivity index (χ3n) is 1.44. The molecule has 2 heteroatoms. The van der Waals surface area contributed by atoms with E-state index >= 15 is 0 Å². The van der Waals surface area contributed by atoms with Gasteiger partial charge in [-0.05, 0) is 18.2 Å². The van der Waals surface area contributed by atoms with Crippen LogP contribution in [0.25, 0.3) is 0 Å². The van der Waals surface area contributed by atoms with E-state index in [-0.39, 0.29) is 0 Å². The van der Waals surface area contributed by atoms with Crippen molar-refractivity contribution < 1.29 is 4.74 Å². The summed E-state index contributed by atoms with van der Waals surface area (Å²) in [6, 6.07) is 9.24. The average molecular weight is 171 g/mol. The zero-order valence-corrected chi connectivity index (χ0v) is 7.37. The van der Waals surface area contributed by atoms with Gasteiger partial charge in [0.15, 0.2) is 0 Å². The highest BCUT2D eigenvalue weighted by atomic mass is 16.5. The maximum absolute atomic E-state index is 8.61. The summed E-state index contributed by atoms with van der Waals surface area (Å²) < 4.78 is 4.78. The van der Waals surface area contributed by atoms with Crippen LogP contribution < -0.4 is 0 Å². The number of methoxy groups -OCH3 is 1. The van der Waals surface area contributed by atoms with E-state index in [2.05, 4.69) is 17.9 Å². The van der Waals surface area contributed by atoms with E-state index in [0.717, 1.165) is 5.56 Å². The minimum Gasteiger partial charge on any atom is -0.372 e. The van der Waals surface area contributed by atoms with E-state index in [1.165, 1.54) is 0 Å². The van der Waals surface area contributed by atoms with Crippen LogP contribution in [-0.4, -0.2) is 13.7 Å². The summed E-state index contributed by atoms with van der Waals surface area (Å²) in [5.74, 6) is 5.72. The Hall–Kier alpha value is -1.77. The second-order valence-electron chi connectivity index (χ2n) is 2.43. The first kappa shape index (κ1) is 9.32. The predicted molar refractivity (Wildman–Crippen MR) is 49.9 cm³/mol. The average Bonchev–Trinajstić information content (AvgIpc) is 2.19. The van der Waals surface area contributed by atoms with Gasteiger partial charge in [-0.1, -0.05) is 17.9 Å². The van der Waals surface area contributed by atoms with Gasteiger partial charge in [-0.2, -0.15) is 5.26 Å². The van der Waals surface area contributed by atoms with Crippen LogP contribution in [0.4, 0.5) is 0 Å². The molecule has 0 heterocycles. The van der Waals surface area contributed by atoms with Crippen LogP contribution in [0.2, 0.25) is 0 Å². The second-order valence-corrected chi connectivity index (χ2v) is 2.43. The molecule has 1 aromatic rings. The Balaban J connectivity index is 2.81. The van der Waals surface area contributed by atoms with E-state index in [4.69, 9.17) is 10.00 Å². The zero-order chi connectivity index (χ0) is 9.52. The van der Waals surface area contributed by atoms with Crippen LogP contribution in [-0.2, 0) is 4.74 Å². The van der Waals surface area contributed by atoms with Gasteiger partial charge < -0.3 is 4.74 Å². The van der Waals surface area contributed by atoms with Crippen molar-refractivity contribution in [3.63, 3.8) is 0 Å². The highest BCUT2D eigenvalue weighted by molar-refractivity contribution is 5.41. The van der Waals surface area contributed by atoms with E-state index in [1.54, 1.807) is 19.2 Å². The highest BCUT2D eigenvalue weighted by Crippen LogP contribution is 2.01. The summed E-state index contributed by atoms with van der Waals surface area (Å²) in [7, 11) is 1.60. The molecule has 13 heavy (non-hydrogen) atoms. The van der Waals surface area contributed by atoms with Crippen molar-refractivity contribution in [3.8, 4) is 17.9 Å². The molecule has 0 aliphatic carbocycles. The molecular formula is C11H9NO. The normalized spacial score (nSPS) is 8.31. The van der Waals surface area contributed by atoms with E-state index in [9.17, 15) is 0 Å². The lowest BCUT2D eigenvalue weighted by Gasteiger charge is -1.90. The van der Waals surface area contributed by atoms with Crippen LogP contribution >= 0.6 is 0 Å². The second kappa shape index (κ2) is 4.98. The largest absolute Gasteiger partial charge is 0.372 e. The molecule has 0 aromatic heterocycles. The highest BCUT2D eigenvalue weighted by Gasteiger charge is 1.89. The Kier molecular flexibility index (Phi) is 3.57. The molecule has 0 radical (unpaired) electrons. The molecule has 0 saturated carbocycles. The lowest BCUT2D eigenvalue weighted by atomic mass is 10.1. The molecule has 0 amide bonds. The van der Waals surface area contributed by atoms with Crippen LogP contribution in [0.15, 0.2) is 24.3 Å². The number of nitrogens with zero attached hydrogens (tertiary/aromatic N) is 1. The van der Waals surface area contributed by atoms with Crippen molar-refractivity contribution in [1.29, 1.82) is 5.26 Å². The van der Waals surface area contributed by atoms with Crippen molar-refractivity contribution in [2.24, 2.45) is 0 Å². The van der Waals surface area contributed by atoms with Gasteiger partial charge in [0.25, 0.3) is 0 Å². The van der Waals surface area contributed by atoms with Crippen LogP contribution in [0, 0.1) is 23.2 Å². The lowest BCUT2D eigenvalue weighted by Crippen LogP contribution is -1.82. The number of hydrogen-bond acceptors (Lipinski definition) is 2. The number of rotatable bonds is 1. The van der Waals surface area contributed by atoms with Crippen molar-refractivity contribution in [3.05, 3.63) is 35.4 Å². The summed E-state index contributed by atoms with van der Waals surface area (Å²) in [6.45, 7) is 0.413. The lowest BCUT2D eigenvalue weighted by molar-refractivity contribution is 0.240. The van der Waals surface area contributed by atoms with Gasteiger partial charge in [-0.15, -0.1) is 0 Å². The molecule has 1 rings (SSSR count). The van der Waals surface area contributed by atoms with E-state index < -0.39 is 0 Å². The number of hydrogen-bond donors (Lipinski definition) is 0. The van der Waals surface area contributed by atoms with Crippen molar-refractivity contribution in [2.75, 3.05) is 13.7 Å². The number of ether oxygens (including phenoxy) is 1. The molecule has 0 aliphatic heterocycles. The van der Waals surface area contributed by atoms with Crippen molar-refractivity contribution in [2.45, 2.75) is 0 Å². The maximum atomic E-state index is 8.61. The van der Waals surface area contributed by atoms with Crippen LogP contribution in [0.1, 0.15) is 11.1 Å². The van der Waals surface area contributed by atoms with Gasteiger partial charge >= 0.3 is 0 Å². The Morgan fingerprint density at radius 3 is 2.85 bits per heavy atom. The molecular weight excluding hydrogens is 162 g/mol. The third-order valence-corrected chi connectivity index (χ3v) is 1.44. The molecule has 0 N–H and O–H groups in total. The fraction of sp³-hybridized carbons (Fsp3) is 0.182. The molecule has 0 saturated heterocycles. The SMILES string of the molecule is COCC#Cc1cccc(C#N)c1. The zero-order valence-electron chi connectivity index (χ0n) is 7.37. The smallest absolute Gasteiger partial charge is 0.107 e. The van der Waals surface area contributed by atoms with Gasteiger partial charge in [0.2, 0.25) is 0 Å². The van der Waals surface area contributed by atoms with Crippen molar-refractivity contribution in [1.82, 2.24) is 0 Å². The predicted octanol–water partition coefficient (Wildman–Crippen LogP) is 1.56. The molecule has 0 fully saturated rings. The topological polar surface area (TPSA) is 33.0 Å². The molecule has 64 valence electrons. The molecule has 2 nitrogen and oxygen atoms in total. The van der Waals surface area contributed by atoms with Crippen LogP contribution in [0.5, 0.6) is 0 Å². The number of benzene rings is 1. The number of nitriles is 1. The summed E-state index contributed by atoms with van der Waals surface area (Å²) >= 11 is 0. The summed E-state index contributed by atoms with van der Waals surface area (Å²) in [6.07, 6.45) is 0. The molecule has 0 unspecified atom stereocenters. The fourth-order valence-electron chi connectivity index (χ4n) is 0.877. The fourth-order valence-corrected chi connectivity index (χ4v) is 0.877. The van der Waals surface area contributed by atoms with Crippen molar-refractivity contribution >= 4 is 0 Å². The molecule has 0 spiro atoms. The minimum absolute atomic E-state index is 0.413. The summed E-state index contributed by atoms with van der Waals surface area (Å²) in [4.78, 5) is 0. The first-order valence-electron chi connectivity index (χ1n) is 3.85. The first-order chi connectivity index (χ1) is 6.36. The summed E-state index contributed by atoms with van der Waals surface area (Å²) in [5.41, 5.74) is 1.47.